The maximum atomic E-state index is 14.8. The van der Waals surface area contributed by atoms with E-state index in [4.69, 9.17) is 5.73 Å². The molecule has 6 nitrogen and oxygen atoms in total. The zero-order valence-corrected chi connectivity index (χ0v) is 15.3. The van der Waals surface area contributed by atoms with Gasteiger partial charge in [-0.3, -0.25) is 4.98 Å². The van der Waals surface area contributed by atoms with Crippen LogP contribution in [0.5, 0.6) is 0 Å². The molecule has 2 N–H and O–H groups in total. The minimum absolute atomic E-state index is 0.126. The Kier molecular flexibility index (Phi) is 4.96. The van der Waals surface area contributed by atoms with Crippen molar-refractivity contribution in [3.63, 3.8) is 0 Å². The number of anilines is 1. The minimum Gasteiger partial charge on any atom is -0.605 e. The fraction of sp³-hybridized carbons (Fsp3) is 0. The highest BCUT2D eigenvalue weighted by Gasteiger charge is 2.22. The third-order valence-corrected chi connectivity index (χ3v) is 5.43. The van der Waals surface area contributed by atoms with Gasteiger partial charge >= 0.3 is 0 Å². The van der Waals surface area contributed by atoms with Crippen molar-refractivity contribution in [3.05, 3.63) is 79.3 Å². The first-order valence-corrected chi connectivity index (χ1v) is 9.43. The molecule has 0 aliphatic carbocycles. The van der Waals surface area contributed by atoms with Crippen LogP contribution in [0.2, 0.25) is 0 Å². The van der Waals surface area contributed by atoms with Crippen LogP contribution in [0.15, 0.2) is 83.4 Å². The topological polar surface area (TPSA) is 101 Å². The predicted molar refractivity (Wildman–Crippen MR) is 104 cm³/mol. The summed E-state index contributed by atoms with van der Waals surface area (Å²) in [5.41, 5.74) is 7.62. The molecule has 0 bridgehead atoms. The van der Waals surface area contributed by atoms with E-state index in [0.717, 1.165) is 0 Å². The molecule has 8 heteroatoms. The van der Waals surface area contributed by atoms with Crippen LogP contribution in [0.3, 0.4) is 0 Å². The van der Waals surface area contributed by atoms with Crippen molar-refractivity contribution in [3.8, 4) is 22.3 Å². The summed E-state index contributed by atoms with van der Waals surface area (Å²) in [5.74, 6) is -0.313. The first-order chi connectivity index (χ1) is 13.6. The average molecular weight is 391 g/mol. The van der Waals surface area contributed by atoms with E-state index in [2.05, 4.69) is 19.9 Å². The number of halogens is 1. The molecule has 0 saturated carbocycles. The molecular formula is C20H14FN5OS. The quantitative estimate of drug-likeness (QED) is 0.535. The number of nitrogens with zero attached hydrogens (tertiary/aromatic N) is 4. The summed E-state index contributed by atoms with van der Waals surface area (Å²) >= 11 is -1.54. The summed E-state index contributed by atoms with van der Waals surface area (Å²) < 4.78 is 27.7. The molecule has 0 spiro atoms. The SMILES string of the molecule is Nc1ncc(-c2ccc(-c3ccccc3[S+]([O-])c3cnccn3)cc2F)cn1. The van der Waals surface area contributed by atoms with Crippen LogP contribution in [0.25, 0.3) is 22.3 Å². The highest BCUT2D eigenvalue weighted by molar-refractivity contribution is 7.91. The van der Waals surface area contributed by atoms with Crippen molar-refractivity contribution >= 4 is 17.1 Å². The molecule has 0 aliphatic rings. The number of nitrogens with two attached hydrogens (primary N) is 1. The fourth-order valence-electron chi connectivity index (χ4n) is 2.75. The molecule has 4 rings (SSSR count). The summed E-state index contributed by atoms with van der Waals surface area (Å²) in [7, 11) is 0. The molecule has 0 amide bonds. The van der Waals surface area contributed by atoms with Crippen LogP contribution < -0.4 is 5.73 Å². The molecule has 0 fully saturated rings. The molecule has 1 atom stereocenters. The molecule has 2 aromatic carbocycles. The number of benzene rings is 2. The molecule has 4 aromatic rings. The third kappa shape index (κ3) is 3.55. The standard InChI is InChI=1S/C20H14FN5OS/c21-17-9-13(5-6-15(17)14-10-25-20(22)26-11-14)16-3-1-2-4-18(16)28(27)19-12-23-7-8-24-19/h1-12H,(H2,22,25,26). The van der Waals surface area contributed by atoms with Gasteiger partial charge in [-0.25, -0.2) is 19.3 Å². The Morgan fingerprint density at radius 3 is 2.36 bits per heavy atom. The van der Waals surface area contributed by atoms with Crippen molar-refractivity contribution in [2.24, 2.45) is 0 Å². The van der Waals surface area contributed by atoms with Crippen molar-refractivity contribution in [2.75, 3.05) is 5.73 Å². The van der Waals surface area contributed by atoms with Gasteiger partial charge in [-0.05, 0) is 23.8 Å². The van der Waals surface area contributed by atoms with Crippen molar-refractivity contribution < 1.29 is 8.94 Å². The number of hydrogen-bond acceptors (Lipinski definition) is 6. The first kappa shape index (κ1) is 18.0. The molecule has 0 radical (unpaired) electrons. The van der Waals surface area contributed by atoms with Crippen molar-refractivity contribution in [1.29, 1.82) is 0 Å². The number of hydrogen-bond donors (Lipinski definition) is 1. The zero-order valence-electron chi connectivity index (χ0n) is 14.5. The number of aromatic nitrogens is 4. The molecule has 1 unspecified atom stereocenters. The lowest BCUT2D eigenvalue weighted by atomic mass is 10.0. The third-order valence-electron chi connectivity index (χ3n) is 4.08. The van der Waals surface area contributed by atoms with Crippen LogP contribution in [0, 0.1) is 5.82 Å². The molecule has 0 saturated heterocycles. The summed E-state index contributed by atoms with van der Waals surface area (Å²) in [5, 5.41) is 0.339. The van der Waals surface area contributed by atoms with Gasteiger partial charge in [-0.1, -0.05) is 24.3 Å². The van der Waals surface area contributed by atoms with Gasteiger partial charge in [0.25, 0.3) is 5.03 Å². The first-order valence-electron chi connectivity index (χ1n) is 8.28. The van der Waals surface area contributed by atoms with E-state index in [9.17, 15) is 8.94 Å². The van der Waals surface area contributed by atoms with Gasteiger partial charge in [0.15, 0.2) is 4.90 Å². The Hall–Kier alpha value is -3.36. The molecule has 2 heterocycles. The van der Waals surface area contributed by atoms with Gasteiger partial charge < -0.3 is 10.3 Å². The van der Waals surface area contributed by atoms with Crippen LogP contribution in [-0.4, -0.2) is 24.5 Å². The summed E-state index contributed by atoms with van der Waals surface area (Å²) in [4.78, 5) is 16.4. The van der Waals surface area contributed by atoms with Crippen LogP contribution in [0.1, 0.15) is 0 Å². The van der Waals surface area contributed by atoms with E-state index in [1.54, 1.807) is 30.3 Å². The second-order valence-electron chi connectivity index (χ2n) is 5.83. The Morgan fingerprint density at radius 1 is 0.857 bits per heavy atom. The van der Waals surface area contributed by atoms with Crippen molar-refractivity contribution in [2.45, 2.75) is 9.92 Å². The summed E-state index contributed by atoms with van der Waals surface area (Å²) in [6.07, 6.45) is 7.40. The Bertz CT molecular complexity index is 1110. The molecule has 0 aliphatic heterocycles. The highest BCUT2D eigenvalue weighted by atomic mass is 32.2. The van der Waals surface area contributed by atoms with Crippen LogP contribution in [-0.2, 0) is 11.2 Å². The van der Waals surface area contributed by atoms with Gasteiger partial charge in [0.1, 0.15) is 12.0 Å². The van der Waals surface area contributed by atoms with Crippen LogP contribution >= 0.6 is 0 Å². The second-order valence-corrected chi connectivity index (χ2v) is 7.23. The lowest BCUT2D eigenvalue weighted by molar-refractivity contribution is 0.591. The van der Waals surface area contributed by atoms with E-state index in [-0.39, 0.29) is 5.95 Å². The second kappa shape index (κ2) is 7.71. The van der Waals surface area contributed by atoms with E-state index in [1.165, 1.54) is 37.1 Å². The largest absolute Gasteiger partial charge is 0.605 e. The Balaban J connectivity index is 1.74. The van der Waals surface area contributed by atoms with Crippen molar-refractivity contribution in [1.82, 2.24) is 19.9 Å². The predicted octanol–water partition coefficient (Wildman–Crippen LogP) is 3.49. The van der Waals surface area contributed by atoms with Gasteiger partial charge in [-0.15, -0.1) is 0 Å². The maximum absolute atomic E-state index is 14.8. The summed E-state index contributed by atoms with van der Waals surface area (Å²) in [6, 6.07) is 11.9. The highest BCUT2D eigenvalue weighted by Crippen LogP contribution is 2.33. The Morgan fingerprint density at radius 2 is 1.64 bits per heavy atom. The molecule has 28 heavy (non-hydrogen) atoms. The van der Waals surface area contributed by atoms with E-state index < -0.39 is 17.0 Å². The lowest BCUT2D eigenvalue weighted by Crippen LogP contribution is -2.06. The smallest absolute Gasteiger partial charge is 0.268 e. The average Bonchev–Trinajstić information content (AvgIpc) is 2.74. The maximum Gasteiger partial charge on any atom is 0.268 e. The summed E-state index contributed by atoms with van der Waals surface area (Å²) in [6.45, 7) is 0. The monoisotopic (exact) mass is 391 g/mol. The molecular weight excluding hydrogens is 377 g/mol. The minimum atomic E-state index is -1.54. The number of rotatable bonds is 4. The molecule has 2 aromatic heterocycles. The van der Waals surface area contributed by atoms with E-state index in [0.29, 0.717) is 32.2 Å². The Labute approximate surface area is 163 Å². The van der Waals surface area contributed by atoms with E-state index in [1.807, 2.05) is 6.07 Å². The van der Waals surface area contributed by atoms with Gasteiger partial charge in [0.05, 0.1) is 6.20 Å². The fourth-order valence-corrected chi connectivity index (χ4v) is 3.88. The van der Waals surface area contributed by atoms with Gasteiger partial charge in [0, 0.05) is 46.5 Å². The van der Waals surface area contributed by atoms with Gasteiger partial charge in [-0.2, -0.15) is 0 Å². The number of nitrogen functional groups attached to an aromatic ring is 1. The molecule has 138 valence electrons. The normalized spacial score (nSPS) is 11.9. The van der Waals surface area contributed by atoms with E-state index >= 15 is 0 Å². The lowest BCUT2D eigenvalue weighted by Gasteiger charge is -2.13. The zero-order chi connectivity index (χ0) is 19.5. The van der Waals surface area contributed by atoms with Gasteiger partial charge in [0.2, 0.25) is 5.95 Å². The van der Waals surface area contributed by atoms with Crippen LogP contribution in [0.4, 0.5) is 10.3 Å².